The molecule has 2 amide bonds. The Hall–Kier alpha value is -8.00. The molecule has 2 aliphatic rings. The topological polar surface area (TPSA) is 201 Å². The molecule has 1 saturated heterocycles. The van der Waals surface area contributed by atoms with Gasteiger partial charge in [-0.3, -0.25) is 14.5 Å². The SMILES string of the molecule is COc1ccc(COC(=O)C2=C(CSc3nc(N)c(Cc4ccccc4)c[n+]3C)CSC3C(NC(=O)/C(=N\OC(C)(C)C(=O)OC(C)(C)C)c4csc(NC(c5ccccc5)(c5ccccc5)c5ccccc5)n4)C(=O)N23)cc1. The summed E-state index contributed by atoms with van der Waals surface area (Å²) in [4.78, 5) is 74.3. The molecule has 16 nitrogen and oxygen atoms in total. The average molecular weight is 1120 g/mol. The molecule has 0 radical (unpaired) electrons. The Morgan fingerprint density at radius 1 is 0.823 bits per heavy atom. The van der Waals surface area contributed by atoms with Gasteiger partial charge in [0, 0.05) is 23.3 Å². The van der Waals surface area contributed by atoms with Crippen LogP contribution in [0.5, 0.6) is 5.75 Å². The minimum absolute atomic E-state index is 0.0736. The maximum Gasteiger partial charge on any atom is 0.361 e. The van der Waals surface area contributed by atoms with Gasteiger partial charge < -0.3 is 35.4 Å². The summed E-state index contributed by atoms with van der Waals surface area (Å²) < 4.78 is 18.8. The number of aromatic nitrogens is 3. The summed E-state index contributed by atoms with van der Waals surface area (Å²) in [5.74, 6) is -1.16. The quantitative estimate of drug-likeness (QED) is 0.00955. The van der Waals surface area contributed by atoms with Gasteiger partial charge in [0.1, 0.15) is 52.5 Å². The number of β-lactam (4-membered cyclic amide) rings is 1. The molecule has 0 bridgehead atoms. The van der Waals surface area contributed by atoms with E-state index in [0.29, 0.717) is 45.2 Å². The zero-order valence-corrected chi connectivity index (χ0v) is 47.2. The highest BCUT2D eigenvalue weighted by Crippen LogP contribution is 2.43. The van der Waals surface area contributed by atoms with Gasteiger partial charge in [-0.15, -0.1) is 23.1 Å². The molecule has 0 saturated carbocycles. The largest absolute Gasteiger partial charge is 0.497 e. The van der Waals surface area contributed by atoms with Crippen molar-refractivity contribution in [2.24, 2.45) is 12.2 Å². The van der Waals surface area contributed by atoms with Gasteiger partial charge in [-0.05, 0) is 96.9 Å². The standard InChI is InChI=1S/C60H60N8O8S3/c1-58(2,3)75-55(72)59(4,5)76-66-47(46-37-78-56(62-46)65-60(42-22-14-9-15-23-42,43-24-16-10-17-25-43)44-26-18-11-19-27-44)51(69)63-48-52(70)68-49(54(71)74-34-39-28-30-45(73-7)31-29-39)41(35-77-53(48)68)36-79-57-64-50(61)40(33-67(57)6)32-38-20-12-8-13-21-38/h8-31,33,37,48,53,61H,32,34-36H2,1-7H3,(H2,62,63,65,69)/p+1/b66-47-. The second kappa shape index (κ2) is 23.9. The number of carbonyl (C=O) groups is 4. The Labute approximate surface area is 471 Å². The van der Waals surface area contributed by atoms with E-state index in [2.05, 4.69) is 15.8 Å². The van der Waals surface area contributed by atoms with Crippen molar-refractivity contribution in [1.29, 1.82) is 0 Å². The predicted octanol–water partition coefficient (Wildman–Crippen LogP) is 8.98. The van der Waals surface area contributed by atoms with Crippen molar-refractivity contribution in [3.8, 4) is 5.75 Å². The normalized spacial score (nSPS) is 15.6. The molecule has 79 heavy (non-hydrogen) atoms. The van der Waals surface area contributed by atoms with E-state index < -0.39 is 51.9 Å². The van der Waals surface area contributed by atoms with E-state index in [1.165, 1.54) is 53.6 Å². The van der Waals surface area contributed by atoms with E-state index in [9.17, 15) is 19.2 Å². The molecule has 4 heterocycles. The van der Waals surface area contributed by atoms with Crippen LogP contribution in [-0.2, 0) is 59.1 Å². The predicted molar refractivity (Wildman–Crippen MR) is 307 cm³/mol. The Morgan fingerprint density at radius 2 is 1.42 bits per heavy atom. The molecule has 2 atom stereocenters. The zero-order chi connectivity index (χ0) is 55.9. The van der Waals surface area contributed by atoms with Gasteiger partial charge in [0.15, 0.2) is 10.8 Å². The van der Waals surface area contributed by atoms with Crippen LogP contribution in [0.15, 0.2) is 179 Å². The summed E-state index contributed by atoms with van der Waals surface area (Å²) in [5, 5.41) is 12.9. The highest BCUT2D eigenvalue weighted by Gasteiger charge is 2.55. The Morgan fingerprint density at radius 3 is 2.00 bits per heavy atom. The van der Waals surface area contributed by atoms with Crippen LogP contribution in [0.3, 0.4) is 0 Å². The minimum Gasteiger partial charge on any atom is -0.497 e. The number of thiazole rings is 1. The fraction of sp³-hybridized carbons (Fsp3) is 0.267. The molecule has 2 aromatic heterocycles. The summed E-state index contributed by atoms with van der Waals surface area (Å²) >= 11 is 4.00. The number of fused-ring (bicyclic) bond motifs is 1. The Balaban J connectivity index is 1.01. The number of nitrogen functional groups attached to an aromatic ring is 1. The summed E-state index contributed by atoms with van der Waals surface area (Å²) in [6.45, 7) is 8.10. The number of oxime groups is 1. The number of anilines is 2. The first-order valence-corrected chi connectivity index (χ1v) is 28.3. The number of hydrogen-bond donors (Lipinski definition) is 3. The molecule has 19 heteroatoms. The third-order valence-electron chi connectivity index (χ3n) is 13.0. The smallest absolute Gasteiger partial charge is 0.361 e. The fourth-order valence-corrected chi connectivity index (χ4v) is 12.1. The molecule has 0 spiro atoms. The Bertz CT molecular complexity index is 3290. The van der Waals surface area contributed by atoms with Gasteiger partial charge in [0.25, 0.3) is 11.8 Å². The first-order chi connectivity index (χ1) is 37.9. The number of thioether (sulfide) groups is 2. The van der Waals surface area contributed by atoms with E-state index in [4.69, 9.17) is 34.7 Å². The van der Waals surface area contributed by atoms with Crippen molar-refractivity contribution in [2.75, 3.05) is 29.7 Å². The molecule has 2 unspecified atom stereocenters. The van der Waals surface area contributed by atoms with Gasteiger partial charge in [-0.1, -0.05) is 139 Å². The van der Waals surface area contributed by atoms with Crippen LogP contribution in [0.1, 0.15) is 73.7 Å². The van der Waals surface area contributed by atoms with Gasteiger partial charge >= 0.3 is 17.1 Å². The number of aryl methyl sites for hydroxylation is 1. The molecular weight excluding hydrogens is 1060 g/mol. The molecule has 9 rings (SSSR count). The number of benzene rings is 5. The zero-order valence-electron chi connectivity index (χ0n) is 44.8. The lowest BCUT2D eigenvalue weighted by molar-refractivity contribution is -0.713. The number of amides is 2. The number of carbonyl (C=O) groups excluding carboxylic acids is 4. The highest BCUT2D eigenvalue weighted by atomic mass is 32.2. The van der Waals surface area contributed by atoms with Crippen molar-refractivity contribution in [3.63, 3.8) is 0 Å². The Kier molecular flexibility index (Phi) is 16.9. The number of hydrogen-bond acceptors (Lipinski definition) is 16. The monoisotopic (exact) mass is 1120 g/mol. The maximum absolute atomic E-state index is 14.9. The lowest BCUT2D eigenvalue weighted by atomic mass is 9.77. The van der Waals surface area contributed by atoms with Crippen LogP contribution in [-0.4, -0.2) is 85.6 Å². The first-order valence-electron chi connectivity index (χ1n) is 25.4. The van der Waals surface area contributed by atoms with Crippen molar-refractivity contribution in [1.82, 2.24) is 20.2 Å². The van der Waals surface area contributed by atoms with E-state index >= 15 is 0 Å². The summed E-state index contributed by atoms with van der Waals surface area (Å²) in [6.07, 6.45) is 2.55. The van der Waals surface area contributed by atoms with Crippen molar-refractivity contribution in [2.45, 2.75) is 81.0 Å². The van der Waals surface area contributed by atoms with E-state index in [1.54, 1.807) is 57.5 Å². The van der Waals surface area contributed by atoms with Gasteiger partial charge in [0.05, 0.1) is 19.7 Å². The van der Waals surface area contributed by atoms with Gasteiger partial charge in [0.2, 0.25) is 11.4 Å². The van der Waals surface area contributed by atoms with Gasteiger partial charge in [-0.2, -0.15) is 0 Å². The van der Waals surface area contributed by atoms with Crippen molar-refractivity contribution < 1.29 is 42.8 Å². The van der Waals surface area contributed by atoms with Crippen LogP contribution in [0.2, 0.25) is 0 Å². The van der Waals surface area contributed by atoms with Crippen LogP contribution >= 0.6 is 34.9 Å². The number of nitrogens with zero attached hydrogens (tertiary/aromatic N) is 5. The molecule has 1 fully saturated rings. The van der Waals surface area contributed by atoms with Crippen LogP contribution < -0.4 is 25.7 Å². The third kappa shape index (κ3) is 12.6. The lowest BCUT2D eigenvalue weighted by Crippen LogP contribution is -2.71. The third-order valence-corrected chi connectivity index (χ3v) is 16.2. The molecule has 0 aliphatic carbocycles. The van der Waals surface area contributed by atoms with Crippen molar-refractivity contribution in [3.05, 3.63) is 208 Å². The molecule has 7 aromatic rings. The number of nitrogens with two attached hydrogens (primary N) is 1. The highest BCUT2D eigenvalue weighted by molar-refractivity contribution is 8.01. The number of nitrogens with one attached hydrogen (secondary N) is 2. The summed E-state index contributed by atoms with van der Waals surface area (Å²) in [5.41, 5.74) is 9.03. The maximum atomic E-state index is 14.9. The van der Waals surface area contributed by atoms with Crippen LogP contribution in [0.25, 0.3) is 0 Å². The molecule has 2 aliphatic heterocycles. The van der Waals surface area contributed by atoms with Crippen LogP contribution in [0.4, 0.5) is 10.9 Å². The fourth-order valence-electron chi connectivity index (χ4n) is 8.96. The van der Waals surface area contributed by atoms with E-state index in [0.717, 1.165) is 27.8 Å². The lowest BCUT2D eigenvalue weighted by Gasteiger charge is -2.49. The van der Waals surface area contributed by atoms with Crippen LogP contribution in [0, 0.1) is 0 Å². The minimum atomic E-state index is -1.66. The molecule has 4 N–H and O–H groups in total. The second-order valence-electron chi connectivity index (χ2n) is 20.3. The molecule has 406 valence electrons. The molecular formula is C60H61N8O8S3+. The summed E-state index contributed by atoms with van der Waals surface area (Å²) in [7, 11) is 3.45. The first kappa shape index (κ1) is 55.7. The average Bonchev–Trinajstić information content (AvgIpc) is 4.09. The summed E-state index contributed by atoms with van der Waals surface area (Å²) in [6, 6.07) is 45.9. The number of esters is 2. The van der Waals surface area contributed by atoms with E-state index in [-0.39, 0.29) is 29.5 Å². The van der Waals surface area contributed by atoms with E-state index in [1.807, 2.05) is 139 Å². The number of rotatable bonds is 20. The number of methoxy groups -OCH3 is 1. The number of ether oxygens (including phenoxy) is 3. The van der Waals surface area contributed by atoms with Gasteiger partial charge in [-0.25, -0.2) is 19.1 Å². The van der Waals surface area contributed by atoms with Crippen molar-refractivity contribution >= 4 is 75.3 Å². The second-order valence-corrected chi connectivity index (χ2v) is 23.2. The molecule has 5 aromatic carbocycles.